The van der Waals surface area contributed by atoms with Crippen LogP contribution in [-0.2, 0) is 0 Å². The van der Waals surface area contributed by atoms with Crippen molar-refractivity contribution in [2.24, 2.45) is 0 Å². The topological polar surface area (TPSA) is 101 Å². The molecule has 0 unspecified atom stereocenters. The Morgan fingerprint density at radius 2 is 1.94 bits per heavy atom. The lowest BCUT2D eigenvalue weighted by Crippen LogP contribution is -2.29. The fourth-order valence-electron chi connectivity index (χ4n) is 3.72. The van der Waals surface area contributed by atoms with E-state index in [1.165, 1.54) is 24.8 Å². The van der Waals surface area contributed by atoms with Crippen LogP contribution in [0.5, 0.6) is 0 Å². The minimum atomic E-state index is -0.858. The minimum absolute atomic E-state index is 0.0624. The van der Waals surface area contributed by atoms with Crippen molar-refractivity contribution in [3.05, 3.63) is 82.7 Å². The number of benzene rings is 2. The Morgan fingerprint density at radius 1 is 1.09 bits per heavy atom. The summed E-state index contributed by atoms with van der Waals surface area (Å²) in [6.45, 7) is 1.81. The highest BCUT2D eigenvalue weighted by Gasteiger charge is 2.24. The summed E-state index contributed by atoms with van der Waals surface area (Å²) in [5.41, 5.74) is -0.194. The number of nitrogens with zero attached hydrogens (tertiary/aromatic N) is 5. The Balaban J connectivity index is 1.78. The van der Waals surface area contributed by atoms with E-state index in [1.807, 2.05) is 6.92 Å². The zero-order valence-electron chi connectivity index (χ0n) is 17.2. The molecule has 3 aromatic heterocycles. The van der Waals surface area contributed by atoms with Gasteiger partial charge in [0.2, 0.25) is 0 Å². The second-order valence-electron chi connectivity index (χ2n) is 7.27. The number of fused-ring (bicyclic) bond motifs is 2. The molecule has 1 atom stereocenters. The van der Waals surface area contributed by atoms with Crippen molar-refractivity contribution in [2.45, 2.75) is 19.4 Å². The molecule has 5 aromatic rings. The average Bonchev–Trinajstić information content (AvgIpc) is 3.29. The second kappa shape index (κ2) is 8.01. The Kier molecular flexibility index (Phi) is 5.00. The van der Waals surface area contributed by atoms with Gasteiger partial charge < -0.3 is 10.3 Å². The van der Waals surface area contributed by atoms with Crippen LogP contribution in [0.25, 0.3) is 27.8 Å². The van der Waals surface area contributed by atoms with E-state index in [4.69, 9.17) is 0 Å². The van der Waals surface area contributed by atoms with Gasteiger partial charge in [0.05, 0.1) is 23.6 Å². The third kappa shape index (κ3) is 3.47. The van der Waals surface area contributed by atoms with Crippen LogP contribution in [0.1, 0.15) is 25.2 Å². The molecule has 33 heavy (non-hydrogen) atoms. The first-order chi connectivity index (χ1) is 16.0. The first-order valence-corrected chi connectivity index (χ1v) is 10.0. The molecule has 8 nitrogen and oxygen atoms in total. The van der Waals surface area contributed by atoms with Gasteiger partial charge in [-0.05, 0) is 30.7 Å². The van der Waals surface area contributed by atoms with Crippen LogP contribution in [0.3, 0.4) is 0 Å². The summed E-state index contributed by atoms with van der Waals surface area (Å²) in [6.07, 6.45) is 3.17. The molecule has 2 aromatic carbocycles. The number of imidazole rings is 1. The molecule has 0 amide bonds. The lowest BCUT2D eigenvalue weighted by molar-refractivity contribution is 0.578. The Morgan fingerprint density at radius 3 is 2.76 bits per heavy atom. The minimum Gasteiger partial charge on any atom is -0.358 e. The summed E-state index contributed by atoms with van der Waals surface area (Å²) in [4.78, 5) is 33.2. The van der Waals surface area contributed by atoms with Gasteiger partial charge in [0.25, 0.3) is 5.56 Å². The van der Waals surface area contributed by atoms with E-state index in [2.05, 4.69) is 30.2 Å². The normalized spacial score (nSPS) is 12.4. The monoisotopic (exact) mass is 451 g/mol. The first kappa shape index (κ1) is 20.6. The third-order valence-electron chi connectivity index (χ3n) is 5.27. The van der Waals surface area contributed by atoms with E-state index in [0.717, 1.165) is 28.8 Å². The number of hydrogen-bond acceptors (Lipinski definition) is 6. The molecule has 0 fully saturated rings. The van der Waals surface area contributed by atoms with Gasteiger partial charge in [-0.15, -0.1) is 0 Å². The van der Waals surface area contributed by atoms with Crippen LogP contribution in [0.4, 0.5) is 19.0 Å². The van der Waals surface area contributed by atoms with Gasteiger partial charge in [0, 0.05) is 6.07 Å². The second-order valence-corrected chi connectivity index (χ2v) is 7.27. The van der Waals surface area contributed by atoms with Crippen LogP contribution >= 0.6 is 0 Å². The molecule has 0 bridgehead atoms. The van der Waals surface area contributed by atoms with Crippen molar-refractivity contribution in [3.8, 4) is 5.69 Å². The van der Waals surface area contributed by atoms with Crippen molar-refractivity contribution in [3.63, 3.8) is 0 Å². The molecule has 11 heteroatoms. The summed E-state index contributed by atoms with van der Waals surface area (Å²) < 4.78 is 44.3. The maximum atomic E-state index is 14.8. The highest BCUT2D eigenvalue weighted by Crippen LogP contribution is 2.27. The molecule has 0 aliphatic heterocycles. The summed E-state index contributed by atoms with van der Waals surface area (Å²) in [6, 6.07) is 6.04. The average molecular weight is 451 g/mol. The van der Waals surface area contributed by atoms with E-state index in [9.17, 15) is 18.0 Å². The molecular weight excluding hydrogens is 435 g/mol. The lowest BCUT2D eigenvalue weighted by atomic mass is 10.1. The van der Waals surface area contributed by atoms with Crippen molar-refractivity contribution < 1.29 is 13.2 Å². The predicted octanol–water partition coefficient (Wildman–Crippen LogP) is 4.03. The number of anilines is 1. The number of hydrogen-bond donors (Lipinski definition) is 2. The SMILES string of the molecule is CC[C@@H](Nc1ncnc2[nH]cnc12)c1nc2cccc(F)c2c(=O)n1-c1cc(F)ccc1F. The molecule has 3 heterocycles. The molecule has 0 radical (unpaired) electrons. The Labute approximate surface area is 184 Å². The predicted molar refractivity (Wildman–Crippen MR) is 116 cm³/mol. The van der Waals surface area contributed by atoms with E-state index >= 15 is 0 Å². The molecular formula is C22H16F3N7O. The Hall–Kier alpha value is -4.28. The highest BCUT2D eigenvalue weighted by molar-refractivity contribution is 5.82. The van der Waals surface area contributed by atoms with E-state index < -0.39 is 29.1 Å². The van der Waals surface area contributed by atoms with Gasteiger partial charge in [-0.3, -0.25) is 9.36 Å². The van der Waals surface area contributed by atoms with Gasteiger partial charge in [-0.1, -0.05) is 13.0 Å². The van der Waals surface area contributed by atoms with Crippen LogP contribution < -0.4 is 10.9 Å². The molecule has 5 rings (SSSR count). The number of aromatic amines is 1. The number of halogens is 3. The smallest absolute Gasteiger partial charge is 0.269 e. The van der Waals surface area contributed by atoms with Gasteiger partial charge >= 0.3 is 0 Å². The molecule has 0 saturated carbocycles. The summed E-state index contributed by atoms with van der Waals surface area (Å²) in [5.74, 6) is -2.01. The standard InChI is InChI=1S/C22H16F3N7O/c1-2-14(30-20-18-19(27-9-26-18)28-10-29-20)21-31-15-5-3-4-13(25)17(15)22(33)32(21)16-8-11(23)6-7-12(16)24/h3-10,14H,2H2,1H3,(H2,26,27,28,29,30)/t14-/m1/s1. The van der Waals surface area contributed by atoms with Gasteiger partial charge in [-0.25, -0.2) is 33.1 Å². The largest absolute Gasteiger partial charge is 0.358 e. The maximum Gasteiger partial charge on any atom is 0.269 e. The van der Waals surface area contributed by atoms with Gasteiger partial charge in [0.15, 0.2) is 11.5 Å². The Bertz CT molecular complexity index is 1560. The number of aromatic nitrogens is 6. The maximum absolute atomic E-state index is 14.8. The van der Waals surface area contributed by atoms with E-state index in [1.54, 1.807) is 0 Å². The fraction of sp³-hybridized carbons (Fsp3) is 0.136. The van der Waals surface area contributed by atoms with Gasteiger partial charge in [-0.2, -0.15) is 0 Å². The van der Waals surface area contributed by atoms with Crippen molar-refractivity contribution in [1.82, 2.24) is 29.5 Å². The van der Waals surface area contributed by atoms with Crippen LogP contribution in [0, 0.1) is 17.5 Å². The van der Waals surface area contributed by atoms with Crippen molar-refractivity contribution >= 4 is 27.9 Å². The van der Waals surface area contributed by atoms with E-state index in [-0.39, 0.29) is 22.4 Å². The van der Waals surface area contributed by atoms with Gasteiger partial charge in [0.1, 0.15) is 40.5 Å². The molecule has 0 aliphatic rings. The first-order valence-electron chi connectivity index (χ1n) is 10.0. The summed E-state index contributed by atoms with van der Waals surface area (Å²) in [5, 5.41) is 2.84. The zero-order chi connectivity index (χ0) is 23.1. The quantitative estimate of drug-likeness (QED) is 0.418. The van der Waals surface area contributed by atoms with Crippen LogP contribution in [0.15, 0.2) is 53.8 Å². The molecule has 0 spiro atoms. The molecule has 166 valence electrons. The van der Waals surface area contributed by atoms with Crippen molar-refractivity contribution in [1.29, 1.82) is 0 Å². The molecule has 0 aliphatic carbocycles. The third-order valence-corrected chi connectivity index (χ3v) is 5.27. The fourth-order valence-corrected chi connectivity index (χ4v) is 3.72. The number of rotatable bonds is 5. The number of H-pyrrole nitrogens is 1. The summed E-state index contributed by atoms with van der Waals surface area (Å²) in [7, 11) is 0. The molecule has 2 N–H and O–H groups in total. The van der Waals surface area contributed by atoms with Crippen LogP contribution in [0.2, 0.25) is 0 Å². The lowest BCUT2D eigenvalue weighted by Gasteiger charge is -2.22. The highest BCUT2D eigenvalue weighted by atomic mass is 19.1. The van der Waals surface area contributed by atoms with Crippen molar-refractivity contribution in [2.75, 3.05) is 5.32 Å². The summed E-state index contributed by atoms with van der Waals surface area (Å²) >= 11 is 0. The van der Waals surface area contributed by atoms with Crippen LogP contribution in [-0.4, -0.2) is 29.5 Å². The van der Waals surface area contributed by atoms with E-state index in [0.29, 0.717) is 23.4 Å². The molecule has 0 saturated heterocycles. The zero-order valence-corrected chi connectivity index (χ0v) is 17.2. The number of nitrogens with one attached hydrogen (secondary N) is 2.